The van der Waals surface area contributed by atoms with E-state index < -0.39 is 0 Å². The highest BCUT2D eigenvalue weighted by Crippen LogP contribution is 2.39. The number of ether oxygens (including phenoxy) is 1. The summed E-state index contributed by atoms with van der Waals surface area (Å²) in [4.78, 5) is 14.8. The fraction of sp³-hybridized carbons (Fsp3) is 0.400. The minimum Gasteiger partial charge on any atom is -0.508 e. The average Bonchev–Trinajstić information content (AvgIpc) is 3.14. The van der Waals surface area contributed by atoms with Crippen molar-refractivity contribution < 1.29 is 9.84 Å². The van der Waals surface area contributed by atoms with E-state index in [2.05, 4.69) is 46.4 Å². The van der Waals surface area contributed by atoms with Gasteiger partial charge in [-0.1, -0.05) is 30.3 Å². The SMILES string of the molecule is CN1CCCC(Oc2nc(N3C4CCC3CNC4)c3ccc(-c4cc(O)cc5ccccc45)cc3n2)C1. The second-order valence-electron chi connectivity index (χ2n) is 10.9. The average molecular weight is 496 g/mol. The summed E-state index contributed by atoms with van der Waals surface area (Å²) in [5.41, 5.74) is 2.90. The van der Waals surface area contributed by atoms with Gasteiger partial charge in [-0.15, -0.1) is 0 Å². The van der Waals surface area contributed by atoms with Crippen LogP contribution in [-0.2, 0) is 0 Å². The molecule has 4 heterocycles. The molecule has 3 saturated heterocycles. The molecule has 3 aliphatic heterocycles. The van der Waals surface area contributed by atoms with E-state index in [1.807, 2.05) is 30.3 Å². The number of phenolic OH excluding ortho intramolecular Hbond substituents is 1. The number of phenols is 1. The van der Waals surface area contributed by atoms with Gasteiger partial charge in [0, 0.05) is 37.1 Å². The summed E-state index contributed by atoms with van der Waals surface area (Å²) >= 11 is 0. The van der Waals surface area contributed by atoms with Crippen molar-refractivity contribution in [3.8, 4) is 22.9 Å². The van der Waals surface area contributed by atoms with Gasteiger partial charge in [-0.05, 0) is 85.4 Å². The van der Waals surface area contributed by atoms with Gasteiger partial charge >= 0.3 is 6.01 Å². The number of benzene rings is 3. The number of nitrogens with one attached hydrogen (secondary N) is 1. The van der Waals surface area contributed by atoms with Crippen LogP contribution < -0.4 is 15.0 Å². The number of fused-ring (bicyclic) bond motifs is 4. The molecule has 0 radical (unpaired) electrons. The lowest BCUT2D eigenvalue weighted by molar-refractivity contribution is 0.0959. The summed E-state index contributed by atoms with van der Waals surface area (Å²) in [6.45, 7) is 3.97. The Morgan fingerprint density at radius 2 is 1.78 bits per heavy atom. The van der Waals surface area contributed by atoms with Crippen LogP contribution in [0, 0.1) is 0 Å². The van der Waals surface area contributed by atoms with Crippen molar-refractivity contribution in [2.24, 2.45) is 0 Å². The maximum Gasteiger partial charge on any atom is 0.319 e. The molecule has 0 spiro atoms. The summed E-state index contributed by atoms with van der Waals surface area (Å²) in [7, 11) is 2.15. The maximum atomic E-state index is 10.5. The Bertz CT molecular complexity index is 1460. The molecule has 3 aromatic carbocycles. The number of aromatic nitrogens is 2. The van der Waals surface area contributed by atoms with E-state index in [1.165, 1.54) is 12.8 Å². The molecule has 2 bridgehead atoms. The Balaban J connectivity index is 1.36. The molecular weight excluding hydrogens is 462 g/mol. The van der Waals surface area contributed by atoms with Gasteiger partial charge in [0.15, 0.2) is 0 Å². The third-order valence-corrected chi connectivity index (χ3v) is 8.29. The third-order valence-electron chi connectivity index (χ3n) is 8.29. The van der Waals surface area contributed by atoms with Crippen molar-refractivity contribution in [2.45, 2.75) is 43.9 Å². The standard InChI is InChI=1S/C30H33N5O2/c1-34-12-4-6-24(18-34)37-30-32-28-14-20(27-15-23(36)13-19-5-2-3-7-25(19)27)8-11-26(28)29(33-30)35-21-9-10-22(35)17-31-16-21/h2-3,5,7-8,11,13-15,21-22,24,31,36H,4,6,9-10,12,16-18H2,1H3. The van der Waals surface area contributed by atoms with Gasteiger partial charge in [-0.3, -0.25) is 0 Å². The van der Waals surface area contributed by atoms with Gasteiger partial charge in [0.25, 0.3) is 0 Å². The van der Waals surface area contributed by atoms with E-state index in [-0.39, 0.29) is 11.9 Å². The van der Waals surface area contributed by atoms with Crippen LogP contribution in [0.15, 0.2) is 54.6 Å². The van der Waals surface area contributed by atoms with Crippen LogP contribution in [0.5, 0.6) is 11.8 Å². The van der Waals surface area contributed by atoms with Gasteiger partial charge in [0.1, 0.15) is 17.7 Å². The molecule has 37 heavy (non-hydrogen) atoms. The topological polar surface area (TPSA) is 73.8 Å². The fourth-order valence-corrected chi connectivity index (χ4v) is 6.53. The van der Waals surface area contributed by atoms with Crippen LogP contribution in [0.25, 0.3) is 32.8 Å². The second-order valence-corrected chi connectivity index (χ2v) is 10.9. The smallest absolute Gasteiger partial charge is 0.319 e. The van der Waals surface area contributed by atoms with Gasteiger partial charge < -0.3 is 25.0 Å². The number of likely N-dealkylation sites (N-methyl/N-ethyl adjacent to an activating group) is 1. The van der Waals surface area contributed by atoms with Crippen LogP contribution in [-0.4, -0.2) is 71.4 Å². The van der Waals surface area contributed by atoms with Crippen molar-refractivity contribution in [1.82, 2.24) is 20.2 Å². The number of likely N-dealkylation sites (tertiary alicyclic amines) is 1. The summed E-state index contributed by atoms with van der Waals surface area (Å²) in [5.74, 6) is 1.26. The second kappa shape index (κ2) is 9.15. The number of hydrogen-bond acceptors (Lipinski definition) is 7. The van der Waals surface area contributed by atoms with Gasteiger partial charge in [-0.2, -0.15) is 9.97 Å². The largest absolute Gasteiger partial charge is 0.508 e. The summed E-state index contributed by atoms with van der Waals surface area (Å²) in [6, 6.07) is 19.6. The minimum atomic E-state index is 0.0991. The normalized spacial score (nSPS) is 24.1. The first kappa shape index (κ1) is 22.8. The zero-order valence-electron chi connectivity index (χ0n) is 21.2. The zero-order chi connectivity index (χ0) is 24.9. The van der Waals surface area contributed by atoms with Crippen molar-refractivity contribution >= 4 is 27.5 Å². The number of piperazine rings is 1. The van der Waals surface area contributed by atoms with Crippen molar-refractivity contribution in [2.75, 3.05) is 38.1 Å². The number of rotatable bonds is 4. The van der Waals surface area contributed by atoms with Crippen molar-refractivity contribution in [3.63, 3.8) is 0 Å². The first-order chi connectivity index (χ1) is 18.1. The lowest BCUT2D eigenvalue weighted by Crippen LogP contribution is -2.52. The van der Waals surface area contributed by atoms with Crippen LogP contribution in [0.2, 0.25) is 0 Å². The lowest BCUT2D eigenvalue weighted by Gasteiger charge is -2.37. The maximum absolute atomic E-state index is 10.5. The fourth-order valence-electron chi connectivity index (χ4n) is 6.53. The molecule has 4 aromatic rings. The number of anilines is 1. The Morgan fingerprint density at radius 3 is 2.62 bits per heavy atom. The number of hydrogen-bond donors (Lipinski definition) is 2. The zero-order valence-corrected chi connectivity index (χ0v) is 21.2. The van der Waals surface area contributed by atoms with Gasteiger partial charge in [-0.25, -0.2) is 0 Å². The summed E-state index contributed by atoms with van der Waals surface area (Å²) in [6.07, 6.45) is 4.61. The Kier molecular flexibility index (Phi) is 5.63. The summed E-state index contributed by atoms with van der Waals surface area (Å²) in [5, 5.41) is 17.2. The number of nitrogens with zero attached hydrogens (tertiary/aromatic N) is 4. The Hall–Kier alpha value is -3.42. The monoisotopic (exact) mass is 495 g/mol. The van der Waals surface area contributed by atoms with E-state index in [0.29, 0.717) is 18.1 Å². The minimum absolute atomic E-state index is 0.0991. The quantitative estimate of drug-likeness (QED) is 0.430. The molecule has 1 aromatic heterocycles. The summed E-state index contributed by atoms with van der Waals surface area (Å²) < 4.78 is 6.44. The molecule has 2 N–H and O–H groups in total. The molecule has 3 unspecified atom stereocenters. The van der Waals surface area contributed by atoms with Crippen molar-refractivity contribution in [1.29, 1.82) is 0 Å². The molecule has 3 aliphatic rings. The predicted molar refractivity (Wildman–Crippen MR) is 147 cm³/mol. The first-order valence-electron chi connectivity index (χ1n) is 13.5. The van der Waals surface area contributed by atoms with E-state index in [4.69, 9.17) is 14.7 Å². The molecule has 0 saturated carbocycles. The van der Waals surface area contributed by atoms with Crippen molar-refractivity contribution in [3.05, 3.63) is 54.6 Å². The molecule has 7 rings (SSSR count). The van der Waals surface area contributed by atoms with E-state index in [1.54, 1.807) is 0 Å². The highest BCUT2D eigenvalue weighted by molar-refractivity contribution is 6.01. The Labute approximate surface area is 217 Å². The van der Waals surface area contributed by atoms with Gasteiger partial charge in [0.05, 0.1) is 5.52 Å². The number of aromatic hydroxyl groups is 1. The lowest BCUT2D eigenvalue weighted by atomic mass is 9.97. The van der Waals surface area contributed by atoms with Crippen LogP contribution in [0.1, 0.15) is 25.7 Å². The Morgan fingerprint density at radius 1 is 0.946 bits per heavy atom. The third kappa shape index (κ3) is 4.16. The predicted octanol–water partition coefficient (Wildman–Crippen LogP) is 4.57. The first-order valence-corrected chi connectivity index (χ1v) is 13.5. The van der Waals surface area contributed by atoms with E-state index >= 15 is 0 Å². The molecule has 0 amide bonds. The highest BCUT2D eigenvalue weighted by Gasteiger charge is 2.38. The molecule has 3 atom stereocenters. The molecule has 3 fully saturated rings. The molecule has 190 valence electrons. The molecule has 7 heteroatoms. The van der Waals surface area contributed by atoms with Crippen LogP contribution >= 0.6 is 0 Å². The van der Waals surface area contributed by atoms with E-state index in [0.717, 1.165) is 77.6 Å². The highest BCUT2D eigenvalue weighted by atomic mass is 16.5. The van der Waals surface area contributed by atoms with Crippen LogP contribution in [0.4, 0.5) is 5.82 Å². The molecular formula is C30H33N5O2. The number of piperidine rings is 1. The van der Waals surface area contributed by atoms with Gasteiger partial charge in [0.2, 0.25) is 0 Å². The molecule has 0 aliphatic carbocycles. The van der Waals surface area contributed by atoms with Crippen LogP contribution in [0.3, 0.4) is 0 Å². The van der Waals surface area contributed by atoms with E-state index in [9.17, 15) is 5.11 Å². The molecule has 7 nitrogen and oxygen atoms in total.